The SMILES string of the molecule is CC(C)[C@H]1O[C@@](C)(O)c2ccccc21. The Labute approximate surface area is 84.5 Å². The summed E-state index contributed by atoms with van der Waals surface area (Å²) in [7, 11) is 0. The van der Waals surface area contributed by atoms with E-state index in [4.69, 9.17) is 4.74 Å². The molecule has 1 aliphatic rings. The lowest BCUT2D eigenvalue weighted by Crippen LogP contribution is -2.20. The van der Waals surface area contributed by atoms with Crippen molar-refractivity contribution in [2.24, 2.45) is 5.92 Å². The van der Waals surface area contributed by atoms with E-state index in [1.165, 1.54) is 0 Å². The van der Waals surface area contributed by atoms with Crippen molar-refractivity contribution in [3.8, 4) is 0 Å². The van der Waals surface area contributed by atoms with Crippen molar-refractivity contribution in [1.29, 1.82) is 0 Å². The molecule has 0 unspecified atom stereocenters. The van der Waals surface area contributed by atoms with Crippen LogP contribution in [-0.2, 0) is 10.5 Å². The molecule has 0 saturated carbocycles. The highest BCUT2D eigenvalue weighted by atomic mass is 16.6. The molecule has 1 aliphatic heterocycles. The van der Waals surface area contributed by atoms with Crippen LogP contribution in [0.1, 0.15) is 38.0 Å². The van der Waals surface area contributed by atoms with Gasteiger partial charge < -0.3 is 9.84 Å². The lowest BCUT2D eigenvalue weighted by Gasteiger charge is -2.20. The van der Waals surface area contributed by atoms with Gasteiger partial charge in [0.1, 0.15) is 0 Å². The summed E-state index contributed by atoms with van der Waals surface area (Å²) in [5.41, 5.74) is 2.02. The van der Waals surface area contributed by atoms with Gasteiger partial charge >= 0.3 is 0 Å². The Hall–Kier alpha value is -0.860. The minimum atomic E-state index is -1.12. The van der Waals surface area contributed by atoms with Crippen LogP contribution in [0.3, 0.4) is 0 Å². The van der Waals surface area contributed by atoms with E-state index in [1.54, 1.807) is 6.92 Å². The number of rotatable bonds is 1. The van der Waals surface area contributed by atoms with Crippen molar-refractivity contribution in [2.45, 2.75) is 32.7 Å². The van der Waals surface area contributed by atoms with Crippen molar-refractivity contribution in [2.75, 3.05) is 0 Å². The lowest BCUT2D eigenvalue weighted by molar-refractivity contribution is -0.217. The van der Waals surface area contributed by atoms with Crippen molar-refractivity contribution in [1.82, 2.24) is 0 Å². The third kappa shape index (κ3) is 1.35. The molecule has 0 spiro atoms. The van der Waals surface area contributed by atoms with Gasteiger partial charge in [-0.1, -0.05) is 38.1 Å². The number of ether oxygens (including phenoxy) is 1. The molecule has 0 saturated heterocycles. The molecule has 2 nitrogen and oxygen atoms in total. The number of hydrogen-bond acceptors (Lipinski definition) is 2. The average Bonchev–Trinajstić information content (AvgIpc) is 2.40. The highest BCUT2D eigenvalue weighted by Crippen LogP contribution is 2.44. The fourth-order valence-electron chi connectivity index (χ4n) is 2.04. The molecule has 0 fully saturated rings. The molecule has 14 heavy (non-hydrogen) atoms. The Morgan fingerprint density at radius 2 is 2.00 bits per heavy atom. The van der Waals surface area contributed by atoms with Crippen molar-refractivity contribution < 1.29 is 9.84 Å². The molecule has 1 aromatic rings. The molecule has 2 atom stereocenters. The first kappa shape index (κ1) is 9.69. The smallest absolute Gasteiger partial charge is 0.190 e. The maximum absolute atomic E-state index is 10.0. The van der Waals surface area contributed by atoms with Gasteiger partial charge in [0.05, 0.1) is 6.10 Å². The van der Waals surface area contributed by atoms with Gasteiger partial charge in [0, 0.05) is 5.56 Å². The largest absolute Gasteiger partial charge is 0.362 e. The van der Waals surface area contributed by atoms with Gasteiger partial charge in [0.25, 0.3) is 0 Å². The van der Waals surface area contributed by atoms with Crippen LogP contribution >= 0.6 is 0 Å². The van der Waals surface area contributed by atoms with Crippen LogP contribution in [0.25, 0.3) is 0 Å². The van der Waals surface area contributed by atoms with E-state index in [1.807, 2.05) is 24.3 Å². The first-order valence-electron chi connectivity index (χ1n) is 5.02. The third-order valence-electron chi connectivity index (χ3n) is 2.73. The van der Waals surface area contributed by atoms with E-state index in [9.17, 15) is 5.11 Å². The Morgan fingerprint density at radius 1 is 1.36 bits per heavy atom. The van der Waals surface area contributed by atoms with E-state index < -0.39 is 5.79 Å². The van der Waals surface area contributed by atoms with Crippen LogP contribution in [0.15, 0.2) is 24.3 Å². The van der Waals surface area contributed by atoms with E-state index in [2.05, 4.69) is 13.8 Å². The second kappa shape index (κ2) is 3.07. The monoisotopic (exact) mass is 192 g/mol. The van der Waals surface area contributed by atoms with E-state index in [-0.39, 0.29) is 6.10 Å². The maximum atomic E-state index is 10.0. The molecular formula is C12H16O2. The standard InChI is InChI=1S/C12H16O2/c1-8(2)11-9-6-4-5-7-10(9)12(3,13)14-11/h4-8,11,13H,1-3H3/t11-,12-/m1/s1. The Morgan fingerprint density at radius 3 is 2.64 bits per heavy atom. The summed E-state index contributed by atoms with van der Waals surface area (Å²) in [4.78, 5) is 0. The topological polar surface area (TPSA) is 29.5 Å². The van der Waals surface area contributed by atoms with Crippen LogP contribution in [0, 0.1) is 5.92 Å². The highest BCUT2D eigenvalue weighted by Gasteiger charge is 2.40. The van der Waals surface area contributed by atoms with Crippen molar-refractivity contribution in [3.63, 3.8) is 0 Å². The van der Waals surface area contributed by atoms with E-state index in [0.717, 1.165) is 11.1 Å². The second-order valence-electron chi connectivity index (χ2n) is 4.35. The number of benzene rings is 1. The summed E-state index contributed by atoms with van der Waals surface area (Å²) in [5.74, 6) is -0.740. The average molecular weight is 192 g/mol. The van der Waals surface area contributed by atoms with Gasteiger partial charge in [-0.3, -0.25) is 0 Å². The summed E-state index contributed by atoms with van der Waals surface area (Å²) in [6.07, 6.45) is 0.0150. The third-order valence-corrected chi connectivity index (χ3v) is 2.73. The Balaban J connectivity index is 2.49. The highest BCUT2D eigenvalue weighted by molar-refractivity contribution is 5.36. The molecule has 2 heteroatoms. The first-order chi connectivity index (χ1) is 6.52. The lowest BCUT2D eigenvalue weighted by atomic mass is 9.95. The fourth-order valence-corrected chi connectivity index (χ4v) is 2.04. The summed E-state index contributed by atoms with van der Waals surface area (Å²) in [5, 5.41) is 10.0. The molecule has 0 aromatic heterocycles. The molecule has 0 bridgehead atoms. The summed E-state index contributed by atoms with van der Waals surface area (Å²) in [6.45, 7) is 5.90. The van der Waals surface area contributed by atoms with Gasteiger partial charge in [-0.15, -0.1) is 0 Å². The zero-order valence-electron chi connectivity index (χ0n) is 8.82. The number of aliphatic hydroxyl groups is 1. The molecule has 1 aromatic carbocycles. The van der Waals surface area contributed by atoms with Gasteiger partial charge in [-0.05, 0) is 18.4 Å². The van der Waals surface area contributed by atoms with E-state index >= 15 is 0 Å². The number of hydrogen-bond donors (Lipinski definition) is 1. The second-order valence-corrected chi connectivity index (χ2v) is 4.35. The molecule has 2 rings (SSSR count). The predicted molar refractivity (Wildman–Crippen MR) is 54.7 cm³/mol. The number of fused-ring (bicyclic) bond motifs is 1. The van der Waals surface area contributed by atoms with Crippen molar-refractivity contribution >= 4 is 0 Å². The van der Waals surface area contributed by atoms with E-state index in [0.29, 0.717) is 5.92 Å². The summed E-state index contributed by atoms with van der Waals surface area (Å²) >= 11 is 0. The Bertz CT molecular complexity index is 342. The van der Waals surface area contributed by atoms with Crippen LogP contribution < -0.4 is 0 Å². The van der Waals surface area contributed by atoms with Crippen LogP contribution in [0.4, 0.5) is 0 Å². The van der Waals surface area contributed by atoms with Crippen LogP contribution in [-0.4, -0.2) is 5.11 Å². The van der Waals surface area contributed by atoms with Gasteiger partial charge in [-0.25, -0.2) is 0 Å². The minimum absolute atomic E-state index is 0.0150. The van der Waals surface area contributed by atoms with Gasteiger partial charge in [-0.2, -0.15) is 0 Å². The molecule has 0 aliphatic carbocycles. The Kier molecular flexibility index (Phi) is 2.13. The van der Waals surface area contributed by atoms with Crippen molar-refractivity contribution in [3.05, 3.63) is 35.4 Å². The fraction of sp³-hybridized carbons (Fsp3) is 0.500. The van der Waals surface area contributed by atoms with Gasteiger partial charge in [0.15, 0.2) is 5.79 Å². The molecule has 0 radical (unpaired) electrons. The van der Waals surface area contributed by atoms with Crippen LogP contribution in [0.5, 0.6) is 0 Å². The summed E-state index contributed by atoms with van der Waals surface area (Å²) < 4.78 is 5.64. The first-order valence-corrected chi connectivity index (χ1v) is 5.02. The predicted octanol–water partition coefficient (Wildman–Crippen LogP) is 2.58. The molecule has 1 N–H and O–H groups in total. The maximum Gasteiger partial charge on any atom is 0.190 e. The molecule has 0 amide bonds. The molecular weight excluding hydrogens is 176 g/mol. The minimum Gasteiger partial charge on any atom is -0.362 e. The van der Waals surface area contributed by atoms with Gasteiger partial charge in [0.2, 0.25) is 0 Å². The quantitative estimate of drug-likeness (QED) is 0.741. The normalized spacial score (nSPS) is 30.8. The van der Waals surface area contributed by atoms with Crippen LogP contribution in [0.2, 0.25) is 0 Å². The molecule has 1 heterocycles. The molecule has 76 valence electrons. The zero-order valence-corrected chi connectivity index (χ0v) is 8.82. The summed E-state index contributed by atoms with van der Waals surface area (Å²) in [6, 6.07) is 7.87. The zero-order chi connectivity index (χ0) is 10.3.